The fourth-order valence-electron chi connectivity index (χ4n) is 5.61. The third-order valence-corrected chi connectivity index (χ3v) is 6.09. The molecule has 114 valence electrons. The van der Waals surface area contributed by atoms with Gasteiger partial charge in [-0.1, -0.05) is 6.92 Å². The largest absolute Gasteiger partial charge is 0.345 e. The first kappa shape index (κ1) is 14.4. The highest BCUT2D eigenvalue weighted by molar-refractivity contribution is 5.76. The minimum atomic E-state index is 0.290. The molecule has 4 rings (SSSR count). The molecule has 0 spiro atoms. The average molecular weight is 278 g/mol. The van der Waals surface area contributed by atoms with Gasteiger partial charge in [-0.15, -0.1) is 0 Å². The van der Waals surface area contributed by atoms with Crippen LogP contribution in [0.25, 0.3) is 0 Å². The third-order valence-electron chi connectivity index (χ3n) is 6.09. The van der Waals surface area contributed by atoms with E-state index in [1.54, 1.807) is 0 Å². The van der Waals surface area contributed by atoms with Crippen LogP contribution in [0.4, 0.5) is 0 Å². The molecule has 4 saturated carbocycles. The molecule has 0 radical (unpaired) electrons. The topological polar surface area (TPSA) is 46.3 Å². The van der Waals surface area contributed by atoms with Crippen molar-refractivity contribution in [2.75, 3.05) is 20.1 Å². The zero-order valence-electron chi connectivity index (χ0n) is 13.1. The number of amides is 1. The molecular formula is C17H30N2O. The Morgan fingerprint density at radius 2 is 1.70 bits per heavy atom. The van der Waals surface area contributed by atoms with E-state index < -0.39 is 0 Å². The molecule has 0 aliphatic heterocycles. The maximum atomic E-state index is 12.3. The van der Waals surface area contributed by atoms with Gasteiger partial charge in [0.25, 0.3) is 0 Å². The maximum absolute atomic E-state index is 12.3. The highest BCUT2D eigenvalue weighted by Gasteiger charge is 2.51. The van der Waals surface area contributed by atoms with Crippen LogP contribution in [-0.4, -0.2) is 30.9 Å². The summed E-state index contributed by atoms with van der Waals surface area (Å²) in [5.41, 5.74) is 6.10. The van der Waals surface area contributed by atoms with E-state index in [0.717, 1.165) is 24.3 Å². The molecular weight excluding hydrogens is 248 g/mol. The fraction of sp³-hybridized carbons (Fsp3) is 0.941. The van der Waals surface area contributed by atoms with Gasteiger partial charge in [0.15, 0.2) is 0 Å². The SMILES string of the molecule is CC(CN)CC(=O)N(C)CC12CC3CC(CC(C3)C1)C2. The minimum Gasteiger partial charge on any atom is -0.345 e. The number of hydrogen-bond acceptors (Lipinski definition) is 2. The Bertz CT molecular complexity index is 344. The average Bonchev–Trinajstić information content (AvgIpc) is 2.36. The summed E-state index contributed by atoms with van der Waals surface area (Å²) in [7, 11) is 2.00. The number of carbonyl (C=O) groups excluding carboxylic acids is 1. The van der Waals surface area contributed by atoms with Crippen LogP contribution in [0.2, 0.25) is 0 Å². The summed E-state index contributed by atoms with van der Waals surface area (Å²) in [5.74, 6) is 3.49. The molecule has 1 unspecified atom stereocenters. The van der Waals surface area contributed by atoms with Crippen LogP contribution in [0.3, 0.4) is 0 Å². The molecule has 1 atom stereocenters. The molecule has 3 nitrogen and oxygen atoms in total. The number of carbonyl (C=O) groups is 1. The van der Waals surface area contributed by atoms with Gasteiger partial charge in [-0.05, 0) is 74.2 Å². The fourth-order valence-corrected chi connectivity index (χ4v) is 5.61. The molecule has 20 heavy (non-hydrogen) atoms. The van der Waals surface area contributed by atoms with Gasteiger partial charge in [-0.3, -0.25) is 4.79 Å². The van der Waals surface area contributed by atoms with Crippen molar-refractivity contribution in [3.05, 3.63) is 0 Å². The summed E-state index contributed by atoms with van der Waals surface area (Å²) >= 11 is 0. The van der Waals surface area contributed by atoms with Crippen molar-refractivity contribution in [2.24, 2.45) is 34.8 Å². The Morgan fingerprint density at radius 1 is 1.20 bits per heavy atom. The lowest BCUT2D eigenvalue weighted by Gasteiger charge is -2.57. The van der Waals surface area contributed by atoms with Gasteiger partial charge < -0.3 is 10.6 Å². The second-order valence-electron chi connectivity index (χ2n) is 8.21. The van der Waals surface area contributed by atoms with Crippen LogP contribution in [0.15, 0.2) is 0 Å². The molecule has 4 aliphatic carbocycles. The van der Waals surface area contributed by atoms with Gasteiger partial charge in [0.05, 0.1) is 0 Å². The zero-order chi connectivity index (χ0) is 14.3. The maximum Gasteiger partial charge on any atom is 0.222 e. The van der Waals surface area contributed by atoms with Crippen molar-refractivity contribution in [3.63, 3.8) is 0 Å². The van der Waals surface area contributed by atoms with E-state index >= 15 is 0 Å². The first-order valence-corrected chi connectivity index (χ1v) is 8.44. The number of hydrogen-bond donors (Lipinski definition) is 1. The highest BCUT2D eigenvalue weighted by atomic mass is 16.2. The molecule has 0 heterocycles. The Morgan fingerprint density at radius 3 is 2.15 bits per heavy atom. The van der Waals surface area contributed by atoms with E-state index in [2.05, 4.69) is 6.92 Å². The van der Waals surface area contributed by atoms with E-state index in [9.17, 15) is 4.79 Å². The quantitative estimate of drug-likeness (QED) is 0.840. The minimum absolute atomic E-state index is 0.290. The van der Waals surface area contributed by atoms with Gasteiger partial charge in [0.1, 0.15) is 0 Å². The molecule has 0 aromatic rings. The van der Waals surface area contributed by atoms with Crippen molar-refractivity contribution < 1.29 is 4.79 Å². The second-order valence-corrected chi connectivity index (χ2v) is 8.21. The van der Waals surface area contributed by atoms with E-state index in [-0.39, 0.29) is 0 Å². The van der Waals surface area contributed by atoms with E-state index in [1.165, 1.54) is 38.5 Å². The van der Waals surface area contributed by atoms with Gasteiger partial charge >= 0.3 is 0 Å². The van der Waals surface area contributed by atoms with Gasteiger partial charge in [0.2, 0.25) is 5.91 Å². The monoisotopic (exact) mass is 278 g/mol. The highest BCUT2D eigenvalue weighted by Crippen LogP contribution is 2.60. The van der Waals surface area contributed by atoms with Crippen LogP contribution in [0.1, 0.15) is 51.9 Å². The molecule has 0 saturated heterocycles. The first-order valence-electron chi connectivity index (χ1n) is 8.44. The molecule has 3 heteroatoms. The molecule has 4 bridgehead atoms. The van der Waals surface area contributed by atoms with Crippen molar-refractivity contribution in [1.29, 1.82) is 0 Å². The summed E-state index contributed by atoms with van der Waals surface area (Å²) in [4.78, 5) is 14.3. The first-order chi connectivity index (χ1) is 9.49. The standard InChI is InChI=1S/C17H30N2O/c1-12(10-18)3-16(20)19(2)11-17-7-13-4-14(8-17)6-15(5-13)9-17/h12-15H,3-11,18H2,1-2H3. The molecule has 0 aromatic heterocycles. The van der Waals surface area contributed by atoms with Crippen molar-refractivity contribution in [3.8, 4) is 0 Å². The molecule has 4 aliphatic rings. The normalized spacial score (nSPS) is 39.9. The van der Waals surface area contributed by atoms with Crippen LogP contribution >= 0.6 is 0 Å². The molecule has 1 amide bonds. The van der Waals surface area contributed by atoms with Crippen LogP contribution < -0.4 is 5.73 Å². The summed E-state index contributed by atoms with van der Waals surface area (Å²) in [6.45, 7) is 3.67. The van der Waals surface area contributed by atoms with Crippen molar-refractivity contribution in [2.45, 2.75) is 51.9 Å². The Balaban J connectivity index is 1.61. The zero-order valence-corrected chi connectivity index (χ0v) is 13.1. The predicted molar refractivity (Wildman–Crippen MR) is 81.1 cm³/mol. The van der Waals surface area contributed by atoms with Gasteiger partial charge in [-0.2, -0.15) is 0 Å². The smallest absolute Gasteiger partial charge is 0.222 e. The third kappa shape index (κ3) is 2.74. The van der Waals surface area contributed by atoms with Crippen LogP contribution in [0.5, 0.6) is 0 Å². The van der Waals surface area contributed by atoms with E-state index in [4.69, 9.17) is 5.73 Å². The van der Waals surface area contributed by atoms with Crippen molar-refractivity contribution in [1.82, 2.24) is 4.90 Å². The van der Waals surface area contributed by atoms with Crippen molar-refractivity contribution >= 4 is 5.91 Å². The Kier molecular flexibility index (Phi) is 3.83. The second kappa shape index (κ2) is 5.32. The number of nitrogens with zero attached hydrogens (tertiary/aromatic N) is 1. The van der Waals surface area contributed by atoms with E-state index in [1.807, 2.05) is 11.9 Å². The lowest BCUT2D eigenvalue weighted by Crippen LogP contribution is -2.51. The number of nitrogens with two attached hydrogens (primary N) is 1. The lowest BCUT2D eigenvalue weighted by atomic mass is 9.49. The molecule has 0 aromatic carbocycles. The predicted octanol–water partition coefficient (Wildman–Crippen LogP) is 2.65. The van der Waals surface area contributed by atoms with Gasteiger partial charge in [-0.25, -0.2) is 0 Å². The summed E-state index contributed by atoms with van der Waals surface area (Å²) < 4.78 is 0. The molecule has 4 fully saturated rings. The summed E-state index contributed by atoms with van der Waals surface area (Å²) in [6.07, 6.45) is 9.16. The van der Waals surface area contributed by atoms with E-state index in [0.29, 0.717) is 30.2 Å². The van der Waals surface area contributed by atoms with Gasteiger partial charge in [0, 0.05) is 20.0 Å². The summed E-state index contributed by atoms with van der Waals surface area (Å²) in [6, 6.07) is 0. The Labute approximate surface area is 123 Å². The summed E-state index contributed by atoms with van der Waals surface area (Å²) in [5, 5.41) is 0. The number of rotatable bonds is 5. The van der Waals surface area contributed by atoms with Crippen LogP contribution in [0, 0.1) is 29.1 Å². The Hall–Kier alpha value is -0.570. The molecule has 2 N–H and O–H groups in total. The van der Waals surface area contributed by atoms with Crippen LogP contribution in [-0.2, 0) is 4.79 Å². The lowest BCUT2D eigenvalue weighted by molar-refractivity contribution is -0.136.